The van der Waals surface area contributed by atoms with E-state index >= 15 is 0 Å². The molecule has 0 aliphatic heterocycles. The van der Waals surface area contributed by atoms with E-state index in [0.717, 1.165) is 37.2 Å². The Morgan fingerprint density at radius 1 is 1.04 bits per heavy atom. The third-order valence-corrected chi connectivity index (χ3v) is 5.52. The van der Waals surface area contributed by atoms with E-state index in [-0.39, 0.29) is 12.6 Å². The second-order valence-corrected chi connectivity index (χ2v) is 8.11. The van der Waals surface area contributed by atoms with Crippen molar-refractivity contribution >= 4 is 53.7 Å². The van der Waals surface area contributed by atoms with Crippen molar-refractivity contribution in [3.63, 3.8) is 0 Å². The molecule has 0 amide bonds. The van der Waals surface area contributed by atoms with E-state index in [1.807, 2.05) is 19.1 Å². The van der Waals surface area contributed by atoms with Gasteiger partial charge in [0.2, 0.25) is 0 Å². The molecule has 6 heteroatoms. The first-order chi connectivity index (χ1) is 12.0. The molecule has 1 aromatic heterocycles. The quantitative estimate of drug-likeness (QED) is 0.489. The van der Waals surface area contributed by atoms with Crippen LogP contribution in [0.3, 0.4) is 0 Å². The molecule has 0 radical (unpaired) electrons. The van der Waals surface area contributed by atoms with Gasteiger partial charge in [0.1, 0.15) is 0 Å². The van der Waals surface area contributed by atoms with E-state index in [1.54, 1.807) is 0 Å². The van der Waals surface area contributed by atoms with E-state index in [1.165, 1.54) is 0 Å². The van der Waals surface area contributed by atoms with E-state index in [2.05, 4.69) is 66.0 Å². The van der Waals surface area contributed by atoms with E-state index in [9.17, 15) is 10.2 Å². The Kier molecular flexibility index (Phi) is 6.17. The van der Waals surface area contributed by atoms with Crippen LogP contribution in [-0.2, 0) is 6.54 Å². The number of halogens is 2. The zero-order valence-corrected chi connectivity index (χ0v) is 17.2. The van der Waals surface area contributed by atoms with Crippen LogP contribution >= 0.6 is 31.9 Å². The third-order valence-electron chi connectivity index (χ3n) is 4.54. The maximum Gasteiger partial charge on any atom is 0.0843 e. The fourth-order valence-electron chi connectivity index (χ4n) is 3.16. The van der Waals surface area contributed by atoms with Crippen LogP contribution in [0.1, 0.15) is 13.3 Å². The van der Waals surface area contributed by atoms with Gasteiger partial charge in [-0.1, -0.05) is 38.8 Å². The smallest absolute Gasteiger partial charge is 0.0843 e. The summed E-state index contributed by atoms with van der Waals surface area (Å²) < 4.78 is 4.24. The van der Waals surface area contributed by atoms with Gasteiger partial charge in [0.15, 0.2) is 0 Å². The van der Waals surface area contributed by atoms with Crippen molar-refractivity contribution in [2.45, 2.75) is 32.0 Å². The normalized spacial score (nSPS) is 14.3. The first kappa shape index (κ1) is 18.9. The fraction of sp³-hybridized carbons (Fsp3) is 0.368. The number of aliphatic hydroxyl groups excluding tert-OH is 2. The highest BCUT2D eigenvalue weighted by molar-refractivity contribution is 9.10. The molecule has 0 unspecified atom stereocenters. The molecule has 2 aromatic carbocycles. The largest absolute Gasteiger partial charge is 0.395 e. The number of fused-ring (bicyclic) bond motifs is 3. The van der Waals surface area contributed by atoms with Gasteiger partial charge in [-0.25, -0.2) is 0 Å². The van der Waals surface area contributed by atoms with E-state index in [0.29, 0.717) is 13.1 Å². The molecule has 3 N–H and O–H groups in total. The highest BCUT2D eigenvalue weighted by atomic mass is 79.9. The van der Waals surface area contributed by atoms with Gasteiger partial charge in [0.25, 0.3) is 0 Å². The van der Waals surface area contributed by atoms with Crippen LogP contribution in [0.25, 0.3) is 21.8 Å². The van der Waals surface area contributed by atoms with Crippen molar-refractivity contribution in [2.75, 3.05) is 13.2 Å². The number of benzene rings is 2. The average molecular weight is 470 g/mol. The van der Waals surface area contributed by atoms with Crippen LogP contribution in [0.15, 0.2) is 45.3 Å². The molecule has 0 saturated heterocycles. The first-order valence-corrected chi connectivity index (χ1v) is 10.0. The molecule has 0 bridgehead atoms. The van der Waals surface area contributed by atoms with E-state index < -0.39 is 6.10 Å². The average Bonchev–Trinajstić information content (AvgIpc) is 2.88. The van der Waals surface area contributed by atoms with Crippen molar-refractivity contribution in [3.8, 4) is 0 Å². The minimum absolute atomic E-state index is 0.0275. The number of hydrogen-bond donors (Lipinski definition) is 3. The molecule has 0 fully saturated rings. The van der Waals surface area contributed by atoms with E-state index in [4.69, 9.17) is 0 Å². The Morgan fingerprint density at radius 2 is 1.60 bits per heavy atom. The molecule has 0 spiro atoms. The van der Waals surface area contributed by atoms with Crippen molar-refractivity contribution in [1.82, 2.24) is 9.88 Å². The predicted molar refractivity (Wildman–Crippen MR) is 110 cm³/mol. The Bertz CT molecular complexity index is 815. The third kappa shape index (κ3) is 4.09. The summed E-state index contributed by atoms with van der Waals surface area (Å²) in [6.45, 7) is 3.05. The van der Waals surface area contributed by atoms with Crippen molar-refractivity contribution < 1.29 is 10.2 Å². The molecular formula is C19H22Br2N2O2. The van der Waals surface area contributed by atoms with Crippen molar-refractivity contribution in [2.24, 2.45) is 0 Å². The molecule has 0 aliphatic carbocycles. The molecule has 0 saturated carbocycles. The van der Waals surface area contributed by atoms with Crippen molar-refractivity contribution in [1.29, 1.82) is 0 Å². The van der Waals surface area contributed by atoms with Gasteiger partial charge in [-0.15, -0.1) is 0 Å². The second kappa shape index (κ2) is 8.18. The minimum atomic E-state index is -0.535. The molecule has 1 heterocycles. The standard InChI is InChI=1S/C19H22Br2N2O2/c1-2-14(11-24)22-9-15(25)10-23-18-5-3-12(20)7-16(18)17-8-13(21)4-6-19(17)23/h3-8,14-15,22,24-25H,2,9-11H2,1H3/t14-,15+/m1/s1. The highest BCUT2D eigenvalue weighted by Crippen LogP contribution is 2.33. The Labute approximate surface area is 164 Å². The van der Waals surface area contributed by atoms with Crippen LogP contribution in [-0.4, -0.2) is 40.1 Å². The number of nitrogens with zero attached hydrogens (tertiary/aromatic N) is 1. The molecule has 3 aromatic rings. The lowest BCUT2D eigenvalue weighted by Gasteiger charge is -2.19. The van der Waals surface area contributed by atoms with Gasteiger partial charge < -0.3 is 20.1 Å². The molecule has 4 nitrogen and oxygen atoms in total. The van der Waals surface area contributed by atoms with Crippen LogP contribution in [0.5, 0.6) is 0 Å². The molecule has 0 aliphatic rings. The Hall–Kier alpha value is -0.920. The molecule has 3 rings (SSSR count). The number of hydrogen-bond acceptors (Lipinski definition) is 3. The van der Waals surface area contributed by atoms with Gasteiger partial charge in [-0.05, 0) is 42.8 Å². The van der Waals surface area contributed by atoms with Gasteiger partial charge >= 0.3 is 0 Å². The number of nitrogens with one attached hydrogen (secondary N) is 1. The number of aromatic nitrogens is 1. The molecule has 25 heavy (non-hydrogen) atoms. The maximum atomic E-state index is 10.5. The van der Waals surface area contributed by atoms with Gasteiger partial charge in [0, 0.05) is 43.3 Å². The summed E-state index contributed by atoms with van der Waals surface area (Å²) >= 11 is 7.10. The zero-order valence-electron chi connectivity index (χ0n) is 14.0. The molecule has 134 valence electrons. The zero-order chi connectivity index (χ0) is 18.0. The van der Waals surface area contributed by atoms with Crippen LogP contribution in [0.4, 0.5) is 0 Å². The summed E-state index contributed by atoms with van der Waals surface area (Å²) in [6, 6.07) is 12.5. The topological polar surface area (TPSA) is 57.4 Å². The van der Waals surface area contributed by atoms with Crippen LogP contribution in [0, 0.1) is 0 Å². The molecule has 2 atom stereocenters. The summed E-state index contributed by atoms with van der Waals surface area (Å²) in [7, 11) is 0. The first-order valence-electron chi connectivity index (χ1n) is 8.42. The summed E-state index contributed by atoms with van der Waals surface area (Å²) in [4.78, 5) is 0. The predicted octanol–water partition coefficient (Wildman–Crippen LogP) is 4.04. The summed E-state index contributed by atoms with van der Waals surface area (Å²) in [6.07, 6.45) is 0.299. The lowest BCUT2D eigenvalue weighted by molar-refractivity contribution is 0.141. The number of aliphatic hydroxyl groups is 2. The summed E-state index contributed by atoms with van der Waals surface area (Å²) in [5.74, 6) is 0. The van der Waals surface area contributed by atoms with Gasteiger partial charge in [0.05, 0.1) is 19.3 Å². The molecular weight excluding hydrogens is 448 g/mol. The lowest BCUT2D eigenvalue weighted by atomic mass is 10.2. The Morgan fingerprint density at radius 3 is 2.08 bits per heavy atom. The van der Waals surface area contributed by atoms with Crippen molar-refractivity contribution in [3.05, 3.63) is 45.3 Å². The lowest BCUT2D eigenvalue weighted by Crippen LogP contribution is -2.38. The van der Waals surface area contributed by atoms with Gasteiger partial charge in [-0.2, -0.15) is 0 Å². The highest BCUT2D eigenvalue weighted by Gasteiger charge is 2.15. The second-order valence-electron chi connectivity index (χ2n) is 6.28. The SMILES string of the molecule is CC[C@H](CO)NC[C@H](O)Cn1c2ccc(Br)cc2c2cc(Br)ccc21. The fourth-order valence-corrected chi connectivity index (χ4v) is 3.88. The summed E-state index contributed by atoms with van der Waals surface area (Å²) in [5.41, 5.74) is 2.20. The monoisotopic (exact) mass is 468 g/mol. The van der Waals surface area contributed by atoms with Crippen LogP contribution < -0.4 is 5.32 Å². The summed E-state index contributed by atoms with van der Waals surface area (Å²) in [5, 5.41) is 25.3. The number of rotatable bonds is 7. The maximum absolute atomic E-state index is 10.5. The van der Waals surface area contributed by atoms with Crippen LogP contribution in [0.2, 0.25) is 0 Å². The minimum Gasteiger partial charge on any atom is -0.395 e. The van der Waals surface area contributed by atoms with Gasteiger partial charge in [-0.3, -0.25) is 0 Å². The Balaban J connectivity index is 1.94.